The topological polar surface area (TPSA) is 238 Å². The molecule has 81 heavy (non-hydrogen) atoms. The first-order chi connectivity index (χ1) is 38.5. The molecular formula is C58H82N11NaO9S2. The van der Waals surface area contributed by atoms with Gasteiger partial charge in [0.2, 0.25) is 0 Å². The van der Waals surface area contributed by atoms with Crippen LogP contribution in [0.2, 0.25) is 0 Å². The maximum absolute atomic E-state index is 11.6. The van der Waals surface area contributed by atoms with Crippen molar-refractivity contribution in [1.82, 2.24) is 29.7 Å². The third-order valence-electron chi connectivity index (χ3n) is 14.9. The molecule has 0 spiro atoms. The molecule has 4 aromatic heterocycles. The summed E-state index contributed by atoms with van der Waals surface area (Å²) in [4.78, 5) is 56.2. The van der Waals surface area contributed by atoms with E-state index in [-0.39, 0.29) is 61.6 Å². The fourth-order valence-electron chi connectivity index (χ4n) is 10.8. The molecule has 0 aliphatic carbocycles. The minimum Gasteiger partial charge on any atom is -0.553 e. The molecule has 4 saturated heterocycles. The normalized spacial score (nSPS) is 16.7. The van der Waals surface area contributed by atoms with E-state index in [9.17, 15) is 19.8 Å². The third kappa shape index (κ3) is 18.0. The van der Waals surface area contributed by atoms with E-state index in [1.54, 1.807) is 22.7 Å². The molecular weight excluding hydrogens is 1080 g/mol. The van der Waals surface area contributed by atoms with E-state index in [4.69, 9.17) is 50.4 Å². The quantitative estimate of drug-likeness (QED) is 0.0335. The van der Waals surface area contributed by atoms with Crippen LogP contribution in [0.3, 0.4) is 0 Å². The molecule has 6 aromatic rings. The van der Waals surface area contributed by atoms with Crippen molar-refractivity contribution in [3.8, 4) is 11.5 Å². The molecule has 0 saturated carbocycles. The smallest absolute Gasteiger partial charge is 0.553 e. The molecule has 2 aromatic carbocycles. The molecule has 4 aliphatic heterocycles. The molecule has 23 heteroatoms. The minimum absolute atomic E-state index is 0. The first kappa shape index (κ1) is 65.2. The van der Waals surface area contributed by atoms with Gasteiger partial charge < -0.3 is 60.2 Å². The van der Waals surface area contributed by atoms with Crippen LogP contribution in [0.1, 0.15) is 94.1 Å². The summed E-state index contributed by atoms with van der Waals surface area (Å²) >= 11 is 3.41. The Balaban J connectivity index is 0.000000247. The second-order valence-corrected chi connectivity index (χ2v) is 22.4. The number of pyridine rings is 2. The van der Waals surface area contributed by atoms with Crippen molar-refractivity contribution in [3.63, 3.8) is 0 Å². The van der Waals surface area contributed by atoms with Crippen LogP contribution in [0.25, 0.3) is 27.7 Å². The van der Waals surface area contributed by atoms with Crippen molar-refractivity contribution >= 4 is 78.1 Å². The number of thiazole rings is 2. The number of ether oxygens (including phenoxy) is 3. The number of rotatable bonds is 18. The minimum atomic E-state index is -0.805. The summed E-state index contributed by atoms with van der Waals surface area (Å²) in [7, 11) is 1.41. The van der Waals surface area contributed by atoms with E-state index in [0.717, 1.165) is 208 Å². The zero-order chi connectivity index (χ0) is 55.7. The number of anilines is 4. The maximum Gasteiger partial charge on any atom is 1.00 e. The molecule has 4 aliphatic rings. The molecule has 8 heterocycles. The number of carbonyl (C=O) groups is 2. The van der Waals surface area contributed by atoms with Gasteiger partial charge in [0.25, 0.3) is 0 Å². The number of piperidine rings is 2. The summed E-state index contributed by atoms with van der Waals surface area (Å²) in [5, 5.41) is 43.5. The molecule has 20 nitrogen and oxygen atoms in total. The van der Waals surface area contributed by atoms with Crippen molar-refractivity contribution in [2.45, 2.75) is 111 Å². The number of aromatic nitrogens is 4. The van der Waals surface area contributed by atoms with Gasteiger partial charge in [-0.2, -0.15) is 0 Å². The van der Waals surface area contributed by atoms with E-state index in [1.165, 1.54) is 7.11 Å². The number of methoxy groups -OCH3 is 1. The first-order valence-electron chi connectivity index (χ1n) is 27.7. The molecule has 436 valence electrons. The predicted octanol–water partition coefficient (Wildman–Crippen LogP) is 5.99. The van der Waals surface area contributed by atoms with Gasteiger partial charge in [0.05, 0.1) is 55.0 Å². The van der Waals surface area contributed by atoms with Crippen LogP contribution < -0.4 is 58.6 Å². The number of aliphatic carboxylic acids is 1. The summed E-state index contributed by atoms with van der Waals surface area (Å²) in [6.07, 6.45) is 10.1. The van der Waals surface area contributed by atoms with Crippen LogP contribution >= 0.6 is 22.7 Å². The van der Waals surface area contributed by atoms with Crippen LogP contribution in [0.4, 0.5) is 21.6 Å². The second kappa shape index (κ2) is 32.8. The van der Waals surface area contributed by atoms with Crippen LogP contribution in [0.15, 0.2) is 59.6 Å². The number of carbonyl (C=O) groups excluding carboxylic acids is 1. The third-order valence-corrected chi connectivity index (χ3v) is 16.8. The van der Waals surface area contributed by atoms with E-state index >= 15 is 0 Å². The fraction of sp³-hybridized carbons (Fsp3) is 0.552. The number of hydrogen-bond acceptors (Lipinski definition) is 20. The van der Waals surface area contributed by atoms with Crippen LogP contribution in [-0.2, 0) is 27.4 Å². The Hall–Kier alpha value is -4.98. The zero-order valence-corrected chi connectivity index (χ0v) is 50.6. The van der Waals surface area contributed by atoms with Crippen molar-refractivity contribution in [1.29, 1.82) is 0 Å². The Morgan fingerprint density at radius 1 is 0.630 bits per heavy atom. The van der Waals surface area contributed by atoms with Crippen molar-refractivity contribution in [2.24, 2.45) is 0 Å². The molecule has 0 radical (unpaired) electrons. The number of nitrogens with one attached hydrogen (secondary N) is 1. The Morgan fingerprint density at radius 3 is 1.48 bits per heavy atom. The van der Waals surface area contributed by atoms with Crippen molar-refractivity contribution in [2.75, 3.05) is 118 Å². The predicted molar refractivity (Wildman–Crippen MR) is 318 cm³/mol. The fourth-order valence-corrected chi connectivity index (χ4v) is 12.5. The van der Waals surface area contributed by atoms with Gasteiger partial charge in [-0.15, -0.1) is 22.7 Å². The van der Waals surface area contributed by atoms with Gasteiger partial charge in [-0.25, -0.2) is 9.97 Å². The Labute approximate surface area is 507 Å². The number of carboxylic acids is 1. The summed E-state index contributed by atoms with van der Waals surface area (Å²) in [6, 6.07) is 12.4. The number of benzene rings is 2. The van der Waals surface area contributed by atoms with Crippen LogP contribution in [0.5, 0.6) is 11.5 Å². The molecule has 4 fully saturated rings. The summed E-state index contributed by atoms with van der Waals surface area (Å²) in [6.45, 7) is 17.4. The number of fused-ring (bicyclic) bond motifs is 2. The summed E-state index contributed by atoms with van der Waals surface area (Å²) in [5.41, 5.74) is 8.28. The van der Waals surface area contributed by atoms with E-state index < -0.39 is 5.97 Å². The van der Waals surface area contributed by atoms with Gasteiger partial charge in [-0.05, 0) is 101 Å². The number of carboxylic acid groups (broad SMARTS) is 1. The van der Waals surface area contributed by atoms with E-state index in [2.05, 4.69) is 78.3 Å². The zero-order valence-electron chi connectivity index (χ0n) is 46.9. The Kier molecular flexibility index (Phi) is 26.4. The van der Waals surface area contributed by atoms with Gasteiger partial charge in [-0.3, -0.25) is 29.4 Å². The van der Waals surface area contributed by atoms with Crippen LogP contribution in [-0.4, -0.2) is 173 Å². The molecule has 0 bridgehead atoms. The molecule has 0 amide bonds. The molecule has 5 N–H and O–H groups in total. The van der Waals surface area contributed by atoms with Gasteiger partial charge >= 0.3 is 41.5 Å². The summed E-state index contributed by atoms with van der Waals surface area (Å²) in [5.74, 6) is 5.40. The number of hydrogen-bond donors (Lipinski definition) is 4. The average molecular weight is 1160 g/mol. The number of aryl methyl sites for hydroxylation is 2. The number of aliphatic hydroxyl groups excluding tert-OH is 2. The van der Waals surface area contributed by atoms with Crippen molar-refractivity contribution in [3.05, 3.63) is 88.0 Å². The van der Waals surface area contributed by atoms with Gasteiger partial charge in [0, 0.05) is 138 Å². The molecule has 0 unspecified atom stereocenters. The monoisotopic (exact) mass is 1160 g/mol. The number of esters is 1. The largest absolute Gasteiger partial charge is 1.00 e. The molecule has 0 atom stereocenters. The standard InChI is InChI=1S/C29H39N5O4S.C28H37N5O4S.CH4.H2NO.Na/c1-21-18-22-6-3-10-30-26(22)27(28(21)38-17-4-7-25(36)37-2)33-12-5-11-32(15-16-33)19-23-20-39-29(31-23)34-13-8-24(35)9-14-34;1-20-17-21-5-2-9-29-25(21)26(27(20)37-16-3-6-24(35)36)32-11-4-10-31(14-15-32)18-22-19-38-28(30-22)33-12-7-23(34)8-13-33;;1-2;/h3,6,10,18,20,24,35H,4-5,7-9,11-17,19H2,1-2H3;2,5,9,17,19,23,34H,3-4,6-8,10-16,18H2,1H3,(H,35,36);1H4;1-2H;/q;;;-1;+1. The first-order valence-corrected chi connectivity index (χ1v) is 29.5. The average Bonchev–Trinajstić information content (AvgIpc) is 4.08. The van der Waals surface area contributed by atoms with Gasteiger partial charge in [0.15, 0.2) is 10.3 Å². The van der Waals surface area contributed by atoms with E-state index in [0.29, 0.717) is 32.5 Å². The molecule has 10 rings (SSSR count). The summed E-state index contributed by atoms with van der Waals surface area (Å²) < 4.78 is 17.3. The Morgan fingerprint density at radius 2 is 1.06 bits per heavy atom. The SMILES string of the molecule is C.COC(=O)CCCOc1c(C)cc2cccnc2c1N1CCCN(Cc2csc(N3CCC(O)CC3)n2)CC1.Cc1cc2cccnc2c(N2CCCN(Cc3csc(N4CCC(O)CC4)n3)CC2)c1OCCCC(=O)O.[NH-]O.[Na+]. The van der Waals surface area contributed by atoms with E-state index in [1.807, 2.05) is 24.5 Å². The van der Waals surface area contributed by atoms with Crippen molar-refractivity contribution < 1.29 is 73.9 Å². The maximum atomic E-state index is 11.6. The Bertz CT molecular complexity index is 2900. The second-order valence-electron chi connectivity index (χ2n) is 20.7. The number of nitrogens with zero attached hydrogens (tertiary/aromatic N) is 10. The number of aliphatic hydroxyl groups is 2. The van der Waals surface area contributed by atoms with Gasteiger partial charge in [0.1, 0.15) is 22.9 Å². The van der Waals surface area contributed by atoms with Crippen LogP contribution in [0, 0.1) is 13.8 Å². The van der Waals surface area contributed by atoms with Gasteiger partial charge in [-0.1, -0.05) is 19.6 Å².